The Morgan fingerprint density at radius 1 is 1.45 bits per heavy atom. The number of rotatable bonds is 2. The zero-order valence-corrected chi connectivity index (χ0v) is 10.1. The monoisotopic (exact) mass is 285 g/mol. The van der Waals surface area contributed by atoms with Crippen LogP contribution in [0.2, 0.25) is 0 Å². The van der Waals surface area contributed by atoms with Crippen LogP contribution in [0.4, 0.5) is 19.0 Å². The van der Waals surface area contributed by atoms with Gasteiger partial charge in [0.25, 0.3) is 0 Å². The number of alkyl halides is 3. The fourth-order valence-electron chi connectivity index (χ4n) is 2.21. The third kappa shape index (κ3) is 2.66. The highest BCUT2D eigenvalue weighted by atomic mass is 19.4. The first-order valence-electron chi connectivity index (χ1n) is 5.73. The SMILES string of the molecule is N#Cc1ccc(N2C[C@@H](C(F)(F)F)[C@H](C(=O)O)C2)nc1. The van der Waals surface area contributed by atoms with Crippen molar-refractivity contribution in [3.05, 3.63) is 23.9 Å². The molecule has 2 rings (SSSR count). The van der Waals surface area contributed by atoms with Gasteiger partial charge in [-0.2, -0.15) is 18.4 Å². The van der Waals surface area contributed by atoms with Crippen LogP contribution in [-0.4, -0.2) is 35.3 Å². The number of hydrogen-bond acceptors (Lipinski definition) is 4. The predicted octanol–water partition coefficient (Wildman–Crippen LogP) is 1.65. The maximum absolute atomic E-state index is 12.8. The van der Waals surface area contributed by atoms with Crippen molar-refractivity contribution in [3.8, 4) is 6.07 Å². The van der Waals surface area contributed by atoms with E-state index in [1.807, 2.05) is 6.07 Å². The standard InChI is InChI=1S/C12H10F3N3O2/c13-12(14,15)9-6-18(5-8(9)11(19)20)10-2-1-7(3-16)4-17-10/h1-2,4,8-9H,5-6H2,(H,19,20)/t8-,9-/m1/s1. The van der Waals surface area contributed by atoms with Gasteiger partial charge in [0, 0.05) is 19.3 Å². The predicted molar refractivity (Wildman–Crippen MR) is 61.8 cm³/mol. The number of aromatic nitrogens is 1. The number of nitrogens with zero attached hydrogens (tertiary/aromatic N) is 3. The van der Waals surface area contributed by atoms with E-state index < -0.39 is 30.5 Å². The first-order chi connectivity index (χ1) is 9.32. The van der Waals surface area contributed by atoms with Crippen LogP contribution < -0.4 is 4.90 Å². The molecule has 5 nitrogen and oxygen atoms in total. The molecule has 1 aromatic heterocycles. The van der Waals surface area contributed by atoms with E-state index in [1.165, 1.54) is 23.2 Å². The van der Waals surface area contributed by atoms with Crippen LogP contribution in [0.1, 0.15) is 5.56 Å². The number of hydrogen-bond donors (Lipinski definition) is 1. The maximum atomic E-state index is 12.8. The molecule has 2 heterocycles. The molecule has 1 N–H and O–H groups in total. The van der Waals surface area contributed by atoms with Crippen LogP contribution in [-0.2, 0) is 4.79 Å². The molecule has 1 aliphatic rings. The lowest BCUT2D eigenvalue weighted by atomic mass is 9.96. The number of carboxylic acid groups (broad SMARTS) is 1. The highest BCUT2D eigenvalue weighted by Crippen LogP contribution is 2.38. The van der Waals surface area contributed by atoms with Crippen molar-refractivity contribution in [2.24, 2.45) is 11.8 Å². The summed E-state index contributed by atoms with van der Waals surface area (Å²) in [6.07, 6.45) is -3.32. The minimum atomic E-state index is -4.57. The van der Waals surface area contributed by atoms with Crippen LogP contribution in [0, 0.1) is 23.2 Å². The lowest BCUT2D eigenvalue weighted by Crippen LogP contribution is -2.33. The molecule has 1 aromatic rings. The molecule has 0 bridgehead atoms. The Kier molecular flexibility index (Phi) is 3.53. The molecule has 20 heavy (non-hydrogen) atoms. The van der Waals surface area contributed by atoms with E-state index in [2.05, 4.69) is 4.98 Å². The Balaban J connectivity index is 2.23. The largest absolute Gasteiger partial charge is 0.481 e. The highest BCUT2D eigenvalue weighted by Gasteiger charge is 2.52. The van der Waals surface area contributed by atoms with Gasteiger partial charge in [0.05, 0.1) is 17.4 Å². The van der Waals surface area contributed by atoms with Gasteiger partial charge in [-0.15, -0.1) is 0 Å². The molecule has 0 spiro atoms. The Morgan fingerprint density at radius 3 is 2.55 bits per heavy atom. The molecule has 1 aliphatic heterocycles. The third-order valence-electron chi connectivity index (χ3n) is 3.26. The summed E-state index contributed by atoms with van der Waals surface area (Å²) < 4.78 is 38.5. The van der Waals surface area contributed by atoms with E-state index in [-0.39, 0.29) is 17.9 Å². The summed E-state index contributed by atoms with van der Waals surface area (Å²) in [5, 5.41) is 17.5. The molecule has 106 valence electrons. The van der Waals surface area contributed by atoms with Gasteiger partial charge in [-0.05, 0) is 12.1 Å². The average Bonchev–Trinajstić information content (AvgIpc) is 2.84. The minimum absolute atomic E-state index is 0.238. The molecule has 0 amide bonds. The normalized spacial score (nSPS) is 22.6. The van der Waals surface area contributed by atoms with Crippen molar-refractivity contribution < 1.29 is 23.1 Å². The van der Waals surface area contributed by atoms with Crippen molar-refractivity contribution in [2.45, 2.75) is 6.18 Å². The summed E-state index contributed by atoms with van der Waals surface area (Å²) >= 11 is 0. The smallest absolute Gasteiger partial charge is 0.394 e. The molecule has 0 unspecified atom stereocenters. The van der Waals surface area contributed by atoms with Crippen molar-refractivity contribution in [2.75, 3.05) is 18.0 Å². The summed E-state index contributed by atoms with van der Waals surface area (Å²) in [5.74, 6) is -4.66. The lowest BCUT2D eigenvalue weighted by Gasteiger charge is -2.18. The Hall–Kier alpha value is -2.30. The second-order valence-corrected chi connectivity index (χ2v) is 4.51. The van der Waals surface area contributed by atoms with Crippen LogP contribution >= 0.6 is 0 Å². The number of pyridine rings is 1. The first-order valence-corrected chi connectivity index (χ1v) is 5.73. The van der Waals surface area contributed by atoms with Crippen LogP contribution in [0.25, 0.3) is 0 Å². The summed E-state index contributed by atoms with van der Waals surface area (Å²) in [5.41, 5.74) is 0.287. The number of aliphatic carboxylic acids is 1. The van der Waals surface area contributed by atoms with Crippen LogP contribution in [0.15, 0.2) is 18.3 Å². The summed E-state index contributed by atoms with van der Waals surface area (Å²) in [6.45, 7) is -0.697. The average molecular weight is 285 g/mol. The summed E-state index contributed by atoms with van der Waals surface area (Å²) in [4.78, 5) is 16.1. The second-order valence-electron chi connectivity index (χ2n) is 4.51. The minimum Gasteiger partial charge on any atom is -0.481 e. The molecule has 0 aromatic carbocycles. The van der Waals surface area contributed by atoms with Crippen molar-refractivity contribution >= 4 is 11.8 Å². The molecule has 2 atom stereocenters. The van der Waals surface area contributed by atoms with Gasteiger partial charge < -0.3 is 10.0 Å². The molecule has 1 fully saturated rings. The molecular weight excluding hydrogens is 275 g/mol. The van der Waals surface area contributed by atoms with Crippen LogP contribution in [0.3, 0.4) is 0 Å². The Labute approximate surface area is 112 Å². The fraction of sp³-hybridized carbons (Fsp3) is 0.417. The van der Waals surface area contributed by atoms with Gasteiger partial charge in [0.1, 0.15) is 11.9 Å². The molecule has 0 radical (unpaired) electrons. The first kappa shape index (κ1) is 14.1. The molecular formula is C12H10F3N3O2. The van der Waals surface area contributed by atoms with Crippen molar-refractivity contribution in [3.63, 3.8) is 0 Å². The van der Waals surface area contributed by atoms with E-state index in [9.17, 15) is 18.0 Å². The Morgan fingerprint density at radius 2 is 2.15 bits per heavy atom. The summed E-state index contributed by atoms with van der Waals surface area (Å²) in [7, 11) is 0. The molecule has 1 saturated heterocycles. The third-order valence-corrected chi connectivity index (χ3v) is 3.26. The second kappa shape index (κ2) is 5.00. The molecule has 8 heteroatoms. The number of carboxylic acids is 1. The highest BCUT2D eigenvalue weighted by molar-refractivity contribution is 5.72. The van der Waals surface area contributed by atoms with E-state index in [1.54, 1.807) is 0 Å². The van der Waals surface area contributed by atoms with E-state index in [0.29, 0.717) is 0 Å². The van der Waals surface area contributed by atoms with Gasteiger partial charge in [0.2, 0.25) is 0 Å². The van der Waals surface area contributed by atoms with E-state index in [0.717, 1.165) is 0 Å². The van der Waals surface area contributed by atoms with Crippen molar-refractivity contribution in [1.29, 1.82) is 5.26 Å². The topological polar surface area (TPSA) is 77.2 Å². The van der Waals surface area contributed by atoms with Gasteiger partial charge >= 0.3 is 12.1 Å². The number of anilines is 1. The zero-order chi connectivity index (χ0) is 14.9. The van der Waals surface area contributed by atoms with Gasteiger partial charge in [0.15, 0.2) is 0 Å². The van der Waals surface area contributed by atoms with Crippen LogP contribution in [0.5, 0.6) is 0 Å². The van der Waals surface area contributed by atoms with E-state index in [4.69, 9.17) is 10.4 Å². The number of nitriles is 1. The Bertz CT molecular complexity index is 551. The van der Waals surface area contributed by atoms with E-state index >= 15 is 0 Å². The number of carbonyl (C=O) groups is 1. The summed E-state index contributed by atoms with van der Waals surface area (Å²) in [6, 6.07) is 4.69. The quantitative estimate of drug-likeness (QED) is 0.894. The number of halogens is 3. The van der Waals surface area contributed by atoms with Gasteiger partial charge in [-0.1, -0.05) is 0 Å². The van der Waals surface area contributed by atoms with Gasteiger partial charge in [-0.25, -0.2) is 4.98 Å². The zero-order valence-electron chi connectivity index (χ0n) is 10.1. The molecule has 0 saturated carbocycles. The maximum Gasteiger partial charge on any atom is 0.394 e. The molecule has 0 aliphatic carbocycles. The fourth-order valence-corrected chi connectivity index (χ4v) is 2.21. The lowest BCUT2D eigenvalue weighted by molar-refractivity contribution is -0.187. The van der Waals surface area contributed by atoms with Gasteiger partial charge in [-0.3, -0.25) is 4.79 Å². The van der Waals surface area contributed by atoms with Crippen molar-refractivity contribution in [1.82, 2.24) is 4.98 Å².